The Balaban J connectivity index is 1.57. The first-order valence-corrected chi connectivity index (χ1v) is 12.2. The van der Waals surface area contributed by atoms with E-state index in [1.54, 1.807) is 18.2 Å². The van der Waals surface area contributed by atoms with Crippen molar-refractivity contribution in [1.82, 2.24) is 4.90 Å². The summed E-state index contributed by atoms with van der Waals surface area (Å²) in [6.45, 7) is 6.74. The number of ketones is 1. The van der Waals surface area contributed by atoms with Crippen molar-refractivity contribution in [2.75, 3.05) is 7.11 Å². The van der Waals surface area contributed by atoms with Crippen LogP contribution in [0.4, 0.5) is 4.79 Å². The van der Waals surface area contributed by atoms with E-state index in [-0.39, 0.29) is 29.6 Å². The van der Waals surface area contributed by atoms with E-state index in [9.17, 15) is 9.59 Å². The maximum absolute atomic E-state index is 13.5. The first-order valence-electron chi connectivity index (χ1n) is 12.2. The van der Waals surface area contributed by atoms with Crippen molar-refractivity contribution in [3.63, 3.8) is 0 Å². The van der Waals surface area contributed by atoms with E-state index in [1.807, 2.05) is 30.3 Å². The molecule has 180 valence electrons. The summed E-state index contributed by atoms with van der Waals surface area (Å²) in [6, 6.07) is 17.6. The van der Waals surface area contributed by atoms with Crippen LogP contribution in [0.15, 0.2) is 66.9 Å². The molecule has 34 heavy (non-hydrogen) atoms. The van der Waals surface area contributed by atoms with Gasteiger partial charge in [-0.1, -0.05) is 69.7 Å². The lowest BCUT2D eigenvalue weighted by Crippen LogP contribution is -2.45. The monoisotopic (exact) mass is 461 g/mol. The Hall–Kier alpha value is -3.08. The van der Waals surface area contributed by atoms with Crippen LogP contribution in [0.2, 0.25) is 0 Å². The standard InChI is InChI=1S/C29H35NO4/c1-20-10-15-25(29(2,3)22-8-6-5-7-9-22)27(18-20)34-28(32)30-17-16-23(31)19-26(30)21-11-13-24(33-4)14-12-21/h5-9,11-14,16-17,20,25-27H,10,15,18-19H2,1-4H3/t20-,25-,26-,27-/m1/s1. The lowest BCUT2D eigenvalue weighted by atomic mass is 9.64. The van der Waals surface area contributed by atoms with E-state index in [0.29, 0.717) is 5.92 Å². The Morgan fingerprint density at radius 2 is 1.74 bits per heavy atom. The van der Waals surface area contributed by atoms with Gasteiger partial charge in [0.1, 0.15) is 11.9 Å². The number of amides is 1. The largest absolute Gasteiger partial charge is 0.497 e. The number of carbonyl (C=O) groups is 2. The molecule has 4 atom stereocenters. The van der Waals surface area contributed by atoms with E-state index < -0.39 is 12.1 Å². The fourth-order valence-corrected chi connectivity index (χ4v) is 5.47. The lowest BCUT2D eigenvalue weighted by Gasteiger charge is -2.44. The Bertz CT molecular complexity index is 1030. The molecule has 5 nitrogen and oxygen atoms in total. The lowest BCUT2D eigenvalue weighted by molar-refractivity contribution is -0.116. The van der Waals surface area contributed by atoms with Gasteiger partial charge in [-0.05, 0) is 53.5 Å². The second-order valence-corrected chi connectivity index (χ2v) is 10.2. The van der Waals surface area contributed by atoms with Gasteiger partial charge in [-0.2, -0.15) is 0 Å². The Kier molecular flexibility index (Phi) is 7.11. The van der Waals surface area contributed by atoms with E-state index in [0.717, 1.165) is 30.6 Å². The molecule has 5 heteroatoms. The average molecular weight is 462 g/mol. The topological polar surface area (TPSA) is 55.8 Å². The second-order valence-electron chi connectivity index (χ2n) is 10.2. The molecule has 2 aromatic rings. The van der Waals surface area contributed by atoms with Crippen LogP contribution in [0.5, 0.6) is 5.75 Å². The summed E-state index contributed by atoms with van der Waals surface area (Å²) in [5.41, 5.74) is 2.01. The van der Waals surface area contributed by atoms with Gasteiger partial charge in [0.2, 0.25) is 0 Å². The molecule has 1 heterocycles. The highest BCUT2D eigenvalue weighted by atomic mass is 16.6. The van der Waals surface area contributed by atoms with Crippen molar-refractivity contribution in [3.05, 3.63) is 78.0 Å². The molecule has 0 radical (unpaired) electrons. The van der Waals surface area contributed by atoms with Crippen LogP contribution < -0.4 is 4.74 Å². The minimum absolute atomic E-state index is 0.000700. The molecule has 0 saturated heterocycles. The van der Waals surface area contributed by atoms with E-state index >= 15 is 0 Å². The van der Waals surface area contributed by atoms with Crippen molar-refractivity contribution in [2.45, 2.75) is 64.0 Å². The average Bonchev–Trinajstić information content (AvgIpc) is 2.84. The van der Waals surface area contributed by atoms with Gasteiger partial charge >= 0.3 is 6.09 Å². The molecule has 0 N–H and O–H groups in total. The number of ether oxygens (including phenoxy) is 2. The van der Waals surface area contributed by atoms with Crippen LogP contribution in [-0.4, -0.2) is 30.0 Å². The summed E-state index contributed by atoms with van der Waals surface area (Å²) in [6.07, 6.45) is 5.68. The summed E-state index contributed by atoms with van der Waals surface area (Å²) in [5.74, 6) is 1.44. The summed E-state index contributed by atoms with van der Waals surface area (Å²) >= 11 is 0. The third-order valence-electron chi connectivity index (χ3n) is 7.61. The van der Waals surface area contributed by atoms with Gasteiger partial charge in [0.05, 0.1) is 13.2 Å². The molecule has 1 saturated carbocycles. The number of hydrogen-bond donors (Lipinski definition) is 0. The molecule has 0 unspecified atom stereocenters. The highest BCUT2D eigenvalue weighted by Crippen LogP contribution is 2.44. The second kappa shape index (κ2) is 10.0. The summed E-state index contributed by atoms with van der Waals surface area (Å²) in [5, 5.41) is 0. The number of nitrogens with zero attached hydrogens (tertiary/aromatic N) is 1. The minimum Gasteiger partial charge on any atom is -0.497 e. The van der Waals surface area contributed by atoms with Crippen LogP contribution >= 0.6 is 0 Å². The molecule has 0 aromatic heterocycles. The predicted molar refractivity (Wildman–Crippen MR) is 133 cm³/mol. The Morgan fingerprint density at radius 3 is 2.41 bits per heavy atom. The molecule has 0 spiro atoms. The van der Waals surface area contributed by atoms with Crippen LogP contribution in [-0.2, 0) is 14.9 Å². The van der Waals surface area contributed by atoms with Crippen LogP contribution in [0.3, 0.4) is 0 Å². The molecule has 2 aliphatic rings. The predicted octanol–water partition coefficient (Wildman–Crippen LogP) is 6.44. The first kappa shape index (κ1) is 24.1. The molecular formula is C29H35NO4. The summed E-state index contributed by atoms with van der Waals surface area (Å²) in [7, 11) is 1.62. The first-order chi connectivity index (χ1) is 16.3. The van der Waals surface area contributed by atoms with Gasteiger partial charge < -0.3 is 9.47 Å². The quantitative estimate of drug-likeness (QED) is 0.514. The summed E-state index contributed by atoms with van der Waals surface area (Å²) < 4.78 is 11.5. The van der Waals surface area contributed by atoms with Crippen LogP contribution in [0.25, 0.3) is 0 Å². The summed E-state index contributed by atoms with van der Waals surface area (Å²) in [4.78, 5) is 27.3. The normalized spacial score (nSPS) is 25.2. The van der Waals surface area contributed by atoms with E-state index in [2.05, 4.69) is 45.0 Å². The van der Waals surface area contributed by atoms with Gasteiger partial charge in [0, 0.05) is 18.5 Å². The smallest absolute Gasteiger partial charge is 0.414 e. The number of benzene rings is 2. The molecule has 0 bridgehead atoms. The molecule has 1 fully saturated rings. The number of carbonyl (C=O) groups excluding carboxylic acids is 2. The third-order valence-corrected chi connectivity index (χ3v) is 7.61. The minimum atomic E-state index is -0.391. The van der Waals surface area contributed by atoms with E-state index in [1.165, 1.54) is 11.6 Å². The maximum Gasteiger partial charge on any atom is 0.414 e. The fourth-order valence-electron chi connectivity index (χ4n) is 5.47. The Morgan fingerprint density at radius 1 is 1.03 bits per heavy atom. The third kappa shape index (κ3) is 5.03. The van der Waals surface area contributed by atoms with Crippen molar-refractivity contribution >= 4 is 11.9 Å². The number of allylic oxidation sites excluding steroid dienone is 1. The van der Waals surface area contributed by atoms with Crippen LogP contribution in [0, 0.1) is 11.8 Å². The molecule has 4 rings (SSSR count). The zero-order chi connectivity index (χ0) is 24.3. The number of methoxy groups -OCH3 is 1. The zero-order valence-electron chi connectivity index (χ0n) is 20.6. The van der Waals surface area contributed by atoms with Gasteiger partial charge in [-0.3, -0.25) is 9.69 Å². The van der Waals surface area contributed by atoms with Crippen molar-refractivity contribution in [2.24, 2.45) is 11.8 Å². The fraction of sp³-hybridized carbons (Fsp3) is 0.448. The number of hydrogen-bond acceptors (Lipinski definition) is 4. The van der Waals surface area contributed by atoms with Crippen molar-refractivity contribution in [1.29, 1.82) is 0 Å². The zero-order valence-corrected chi connectivity index (χ0v) is 20.6. The molecular weight excluding hydrogens is 426 g/mol. The van der Waals surface area contributed by atoms with Crippen molar-refractivity contribution < 1.29 is 19.1 Å². The van der Waals surface area contributed by atoms with Gasteiger partial charge in [0.15, 0.2) is 5.78 Å². The van der Waals surface area contributed by atoms with E-state index in [4.69, 9.17) is 9.47 Å². The van der Waals surface area contributed by atoms with Gasteiger partial charge in [-0.15, -0.1) is 0 Å². The van der Waals surface area contributed by atoms with Crippen LogP contribution in [0.1, 0.15) is 63.6 Å². The highest BCUT2D eigenvalue weighted by Gasteiger charge is 2.43. The molecule has 1 aliphatic heterocycles. The van der Waals surface area contributed by atoms with Gasteiger partial charge in [0.25, 0.3) is 0 Å². The number of rotatable bonds is 5. The SMILES string of the molecule is COc1ccc([C@H]2CC(=O)C=CN2C(=O)O[C@@H]2C[C@H](C)CC[C@H]2C(C)(C)c2ccccc2)cc1. The molecule has 1 aliphatic carbocycles. The maximum atomic E-state index is 13.5. The van der Waals surface area contributed by atoms with Gasteiger partial charge in [-0.25, -0.2) is 4.79 Å². The molecule has 2 aromatic carbocycles. The Labute approximate surface area is 202 Å². The molecule has 1 amide bonds. The highest BCUT2D eigenvalue weighted by molar-refractivity contribution is 5.92. The van der Waals surface area contributed by atoms with Crippen molar-refractivity contribution in [3.8, 4) is 5.75 Å².